The van der Waals surface area contributed by atoms with Crippen LogP contribution in [0.2, 0.25) is 0 Å². The number of aliphatic carboxylic acids is 1. The first kappa shape index (κ1) is 14.8. The van der Waals surface area contributed by atoms with Crippen molar-refractivity contribution in [3.05, 3.63) is 0 Å². The molecule has 0 aromatic rings. The molecule has 1 rings (SSSR count). The number of rotatable bonds is 3. The van der Waals surface area contributed by atoms with Gasteiger partial charge in [-0.15, -0.1) is 12.4 Å². The van der Waals surface area contributed by atoms with E-state index < -0.39 is 5.97 Å². The summed E-state index contributed by atoms with van der Waals surface area (Å²) in [6.07, 6.45) is 3.63. The van der Waals surface area contributed by atoms with Gasteiger partial charge in [-0.25, -0.2) is 0 Å². The molecular formula is C9H16AsClN2O2. The molecule has 6 heteroatoms. The zero-order chi connectivity index (χ0) is 10.6. The number of hydrogen-bond donors (Lipinski definition) is 2. The molecule has 1 saturated carbocycles. The van der Waals surface area contributed by atoms with Crippen LogP contribution in [0.25, 0.3) is 0 Å². The Morgan fingerprint density at radius 1 is 1.53 bits per heavy atom. The molecule has 1 aliphatic rings. The number of amidine groups is 1. The Morgan fingerprint density at radius 3 is 2.73 bits per heavy atom. The van der Waals surface area contributed by atoms with Gasteiger partial charge in [0.05, 0.1) is 0 Å². The van der Waals surface area contributed by atoms with Crippen LogP contribution in [-0.2, 0) is 4.79 Å². The molecule has 2 unspecified atom stereocenters. The summed E-state index contributed by atoms with van der Waals surface area (Å²) < 4.78 is 0.523. The van der Waals surface area contributed by atoms with Crippen LogP contribution >= 0.6 is 12.4 Å². The molecule has 0 aliphatic heterocycles. The molecule has 0 heterocycles. The molecule has 0 amide bonds. The van der Waals surface area contributed by atoms with Crippen molar-refractivity contribution >= 4 is 39.9 Å². The van der Waals surface area contributed by atoms with Gasteiger partial charge < -0.3 is 0 Å². The minimum atomic E-state index is -0.668. The Bertz CT molecular complexity index is 244. The molecule has 86 valence electrons. The van der Waals surface area contributed by atoms with E-state index in [0.717, 1.165) is 25.7 Å². The summed E-state index contributed by atoms with van der Waals surface area (Å²) >= 11 is 2.19. The molecule has 0 aromatic carbocycles. The zero-order valence-electron chi connectivity index (χ0n) is 8.43. The van der Waals surface area contributed by atoms with Gasteiger partial charge in [-0.3, -0.25) is 0 Å². The van der Waals surface area contributed by atoms with Crippen LogP contribution in [0.1, 0.15) is 25.7 Å². The topological polar surface area (TPSA) is 75.7 Å². The fourth-order valence-corrected chi connectivity index (χ4v) is 2.08. The van der Waals surface area contributed by atoms with E-state index in [-0.39, 0.29) is 18.3 Å². The number of carbonyl (C=O) groups is 1. The van der Waals surface area contributed by atoms with E-state index in [1.807, 2.05) is 0 Å². The Labute approximate surface area is 105 Å². The van der Waals surface area contributed by atoms with Gasteiger partial charge in [0.1, 0.15) is 0 Å². The van der Waals surface area contributed by atoms with E-state index in [4.69, 9.17) is 10.8 Å². The Kier molecular flexibility index (Phi) is 7.03. The standard InChI is InChI=1S/C9H15AsN2O2.ClH/c10-9(11)12-5-6-2-1-3-7(4-6)8(13)14;/h6-7H,1-5H2,(H2,11,12)(H,13,14);1H. The normalized spacial score (nSPS) is 26.9. The van der Waals surface area contributed by atoms with E-state index in [0.29, 0.717) is 17.1 Å². The van der Waals surface area contributed by atoms with Crippen LogP contribution in [0.4, 0.5) is 0 Å². The molecule has 0 bridgehead atoms. The van der Waals surface area contributed by atoms with Crippen LogP contribution in [0, 0.1) is 11.8 Å². The summed E-state index contributed by atoms with van der Waals surface area (Å²) in [5, 5.41) is 8.87. The van der Waals surface area contributed by atoms with Gasteiger partial charge >= 0.3 is 92.1 Å². The third-order valence-corrected chi connectivity index (χ3v) is 2.94. The van der Waals surface area contributed by atoms with Gasteiger partial charge in [0, 0.05) is 0 Å². The maximum atomic E-state index is 10.8. The van der Waals surface area contributed by atoms with Crippen molar-refractivity contribution in [1.82, 2.24) is 0 Å². The second-order valence-electron chi connectivity index (χ2n) is 3.77. The van der Waals surface area contributed by atoms with E-state index in [1.165, 1.54) is 0 Å². The molecule has 0 aromatic heterocycles. The first-order valence-corrected chi connectivity index (χ1v) is 5.75. The van der Waals surface area contributed by atoms with E-state index >= 15 is 0 Å². The monoisotopic (exact) mass is 294 g/mol. The third-order valence-electron chi connectivity index (χ3n) is 2.64. The van der Waals surface area contributed by atoms with Crippen molar-refractivity contribution in [2.24, 2.45) is 22.6 Å². The predicted molar refractivity (Wildman–Crippen MR) is 62.6 cm³/mol. The van der Waals surface area contributed by atoms with Gasteiger partial charge in [0.25, 0.3) is 0 Å². The molecule has 2 atom stereocenters. The third kappa shape index (κ3) is 5.43. The van der Waals surface area contributed by atoms with Gasteiger partial charge in [0.2, 0.25) is 0 Å². The summed E-state index contributed by atoms with van der Waals surface area (Å²) in [6.45, 7) is 0.671. The fourth-order valence-electron chi connectivity index (χ4n) is 1.90. The van der Waals surface area contributed by atoms with E-state index in [9.17, 15) is 4.79 Å². The summed E-state index contributed by atoms with van der Waals surface area (Å²) in [6, 6.07) is 0. The maximum absolute atomic E-state index is 10.8. The van der Waals surface area contributed by atoms with E-state index in [2.05, 4.69) is 21.8 Å². The molecule has 0 spiro atoms. The van der Waals surface area contributed by atoms with Crippen LogP contribution < -0.4 is 5.73 Å². The average molecular weight is 295 g/mol. The van der Waals surface area contributed by atoms with Gasteiger partial charge in [0.15, 0.2) is 0 Å². The number of halogens is 1. The summed E-state index contributed by atoms with van der Waals surface area (Å²) in [7, 11) is 0. The van der Waals surface area contributed by atoms with Crippen LogP contribution in [-0.4, -0.2) is 39.1 Å². The quantitative estimate of drug-likeness (QED) is 0.459. The Hall–Kier alpha value is -0.212. The first-order chi connectivity index (χ1) is 6.59. The summed E-state index contributed by atoms with van der Waals surface area (Å²) in [4.78, 5) is 14.9. The summed E-state index contributed by atoms with van der Waals surface area (Å²) in [5.74, 6) is -0.442. The van der Waals surface area contributed by atoms with Crippen LogP contribution in [0.5, 0.6) is 0 Å². The van der Waals surface area contributed by atoms with Crippen molar-refractivity contribution in [3.63, 3.8) is 0 Å². The second kappa shape index (κ2) is 7.13. The van der Waals surface area contributed by atoms with Gasteiger partial charge in [-0.05, 0) is 0 Å². The predicted octanol–water partition coefficient (Wildman–Crippen LogP) is 0.782. The molecule has 15 heavy (non-hydrogen) atoms. The Balaban J connectivity index is 0.00000196. The van der Waals surface area contributed by atoms with Crippen LogP contribution in [0.3, 0.4) is 0 Å². The van der Waals surface area contributed by atoms with Crippen molar-refractivity contribution < 1.29 is 9.90 Å². The molecule has 1 aliphatic carbocycles. The average Bonchev–Trinajstić information content (AvgIpc) is 2.15. The number of nitrogens with zero attached hydrogens (tertiary/aromatic N) is 1. The van der Waals surface area contributed by atoms with Crippen LogP contribution in [0.15, 0.2) is 4.99 Å². The number of hydrogen-bond acceptors (Lipinski definition) is 2. The van der Waals surface area contributed by atoms with E-state index in [1.54, 1.807) is 0 Å². The van der Waals surface area contributed by atoms with Crippen molar-refractivity contribution in [2.45, 2.75) is 25.7 Å². The second-order valence-corrected chi connectivity index (χ2v) is 4.73. The molecule has 3 N–H and O–H groups in total. The number of carboxylic acid groups (broad SMARTS) is 1. The molecule has 2 radical (unpaired) electrons. The van der Waals surface area contributed by atoms with Crippen molar-refractivity contribution in [3.8, 4) is 0 Å². The minimum absolute atomic E-state index is 0. The Morgan fingerprint density at radius 2 is 2.20 bits per heavy atom. The van der Waals surface area contributed by atoms with Crippen molar-refractivity contribution in [2.75, 3.05) is 6.54 Å². The number of carboxylic acids is 1. The number of aliphatic imine (C=N–C) groups is 1. The van der Waals surface area contributed by atoms with Crippen molar-refractivity contribution in [1.29, 1.82) is 0 Å². The molecule has 0 saturated heterocycles. The fraction of sp³-hybridized carbons (Fsp3) is 0.778. The summed E-state index contributed by atoms with van der Waals surface area (Å²) in [5.41, 5.74) is 5.41. The van der Waals surface area contributed by atoms with Gasteiger partial charge in [-0.1, -0.05) is 0 Å². The number of nitrogens with two attached hydrogens (primary N) is 1. The van der Waals surface area contributed by atoms with Gasteiger partial charge in [-0.2, -0.15) is 0 Å². The molecule has 1 fully saturated rings. The first-order valence-electron chi connectivity index (χ1n) is 4.81. The SMILES string of the molecule is Cl.NC([As])=NCC1CCCC(C(=O)O)C1. The molecular weight excluding hydrogens is 278 g/mol. The zero-order valence-corrected chi connectivity index (χ0v) is 11.1. The molecule has 4 nitrogen and oxygen atoms in total.